The van der Waals surface area contributed by atoms with E-state index in [1.807, 2.05) is 4.90 Å². The number of aliphatic hydroxyl groups excluding tert-OH is 2. The van der Waals surface area contributed by atoms with Crippen molar-refractivity contribution in [2.45, 2.75) is 148 Å². The van der Waals surface area contributed by atoms with Crippen LogP contribution in [-0.4, -0.2) is 145 Å². The molecule has 4 fully saturated rings. The molecule has 1 amide bonds. The highest BCUT2D eigenvalue weighted by Crippen LogP contribution is 2.56. The van der Waals surface area contributed by atoms with Gasteiger partial charge in [0.15, 0.2) is 5.75 Å². The summed E-state index contributed by atoms with van der Waals surface area (Å²) in [6.07, 6.45) is 11.4. The van der Waals surface area contributed by atoms with Gasteiger partial charge in [-0.3, -0.25) is 24.2 Å². The maximum Gasteiger partial charge on any atom is 0.341 e. The molecule has 2 saturated heterocycles. The van der Waals surface area contributed by atoms with Crippen LogP contribution in [0.3, 0.4) is 0 Å². The van der Waals surface area contributed by atoms with Crippen LogP contribution in [-0.2, 0) is 23.8 Å². The number of carbonyl (C=O) groups excluding carboxylic acids is 3. The van der Waals surface area contributed by atoms with Crippen LogP contribution in [0, 0.1) is 42.3 Å². The number of amides is 1. The number of pyridine rings is 1. The molecule has 4 aromatic rings. The van der Waals surface area contributed by atoms with Gasteiger partial charge in [-0.2, -0.15) is 5.10 Å². The van der Waals surface area contributed by atoms with Gasteiger partial charge in [-0.25, -0.2) is 9.18 Å². The van der Waals surface area contributed by atoms with Crippen molar-refractivity contribution in [3.8, 4) is 23.0 Å². The van der Waals surface area contributed by atoms with Crippen LogP contribution in [0.5, 0.6) is 23.0 Å². The summed E-state index contributed by atoms with van der Waals surface area (Å²) in [5.41, 5.74) is -1.48. The third kappa shape index (κ3) is 11.3. The molecule has 10 atom stereocenters. The van der Waals surface area contributed by atoms with E-state index < -0.39 is 112 Å². The predicted octanol–water partition coefficient (Wildman–Crippen LogP) is 8.34. The fourth-order valence-corrected chi connectivity index (χ4v) is 13.7. The van der Waals surface area contributed by atoms with Crippen LogP contribution < -0.4 is 25.7 Å². The van der Waals surface area contributed by atoms with E-state index in [1.54, 1.807) is 49.4 Å². The molecular formula is C63H76ClFN6O15. The van der Waals surface area contributed by atoms with Crippen molar-refractivity contribution in [2.24, 2.45) is 34.7 Å². The molecule has 7 aliphatic rings. The van der Waals surface area contributed by atoms with E-state index in [2.05, 4.69) is 10.6 Å². The van der Waals surface area contributed by atoms with Gasteiger partial charge in [0, 0.05) is 111 Å². The molecule has 1 aromatic heterocycles. The number of hydrogen-bond acceptors (Lipinski definition) is 18. The Hall–Kier alpha value is -7.24. The zero-order chi connectivity index (χ0) is 62.2. The number of Topliss-reactive ketones (excluding diaryl/α,β-unsaturated/α-hetero) is 1. The van der Waals surface area contributed by atoms with Gasteiger partial charge in [-0.1, -0.05) is 57.5 Å². The molecule has 2 saturated carbocycles. The Kier molecular flexibility index (Phi) is 17.1. The number of anilines is 2. The van der Waals surface area contributed by atoms with Crippen LogP contribution in [0.15, 0.2) is 58.3 Å². The number of carboxylic acids is 1. The summed E-state index contributed by atoms with van der Waals surface area (Å²) in [6, 6.07) is 1.15. The fourth-order valence-electron chi connectivity index (χ4n) is 13.3. The number of allylic oxidation sites excluding steroid dienone is 2. The minimum Gasteiger partial charge on any atom is -0.507 e. The molecule has 86 heavy (non-hydrogen) atoms. The zero-order valence-corrected chi connectivity index (χ0v) is 50.4. The molecule has 21 nitrogen and oxygen atoms in total. The number of hydrogen-bond donors (Lipinski definition) is 8. The molecule has 5 aliphatic heterocycles. The van der Waals surface area contributed by atoms with E-state index in [1.165, 1.54) is 65.6 Å². The molecule has 0 spiro atoms. The Balaban J connectivity index is 0.922. The number of phenols is 3. The van der Waals surface area contributed by atoms with Gasteiger partial charge in [-0.15, -0.1) is 0 Å². The van der Waals surface area contributed by atoms with Gasteiger partial charge in [0.2, 0.25) is 5.43 Å². The Bertz CT molecular complexity index is 3610. The molecule has 3 aromatic carbocycles. The number of carbonyl (C=O) groups is 4. The van der Waals surface area contributed by atoms with Gasteiger partial charge < -0.3 is 69.7 Å². The summed E-state index contributed by atoms with van der Waals surface area (Å²) >= 11 is 7.02. The van der Waals surface area contributed by atoms with Gasteiger partial charge in [0.05, 0.1) is 74.6 Å². The number of fused-ring (bicyclic) bond motifs is 15. The summed E-state index contributed by atoms with van der Waals surface area (Å²) in [5, 5.41) is 82.1. The molecule has 11 rings (SSSR count). The highest BCUT2D eigenvalue weighted by Gasteiger charge is 2.53. The van der Waals surface area contributed by atoms with E-state index >= 15 is 4.39 Å². The monoisotopic (exact) mass is 1210 g/mol. The van der Waals surface area contributed by atoms with Crippen molar-refractivity contribution in [1.29, 1.82) is 0 Å². The second-order valence-corrected chi connectivity index (χ2v) is 24.9. The number of aromatic hydroxyl groups is 3. The molecule has 2 aliphatic carbocycles. The lowest BCUT2D eigenvalue weighted by Gasteiger charge is -2.38. The second-order valence-electron chi connectivity index (χ2n) is 24.6. The Labute approximate surface area is 501 Å². The standard InChI is InChI=1S/C63H76ClFN6O15/c1-29-11-10-12-30(2)60(80)67-48-40(26-66-70-22-16-37(17-23-70)68-63(19-20-63)36-15-21-69(27-36)50-42(65)25-39-49(47(50)64)71(38-13-14-38)28-41(54(39)76)61(81)82)55(77)44-45(56(48)78)53(75)34(6)58-46(44)59(79)62(8,86-58)84-24-18-43(83-9)31(3)57(85-35(7)72)33(5)52(74)32(4)51(29)73/h10-12,18,24-26,28-29,31-33,36-38,43,51-52,57,68,73-75,77-78H,13-17,19-23,27H2,1-9H3,(H,67,80)(H,81,82)/b11-10+,24-18+,30-12-,66-26+/t29-,31-,32-,33-,36?,43+,51+,52-,57-,62+/m1/s1. The number of rotatable bonds is 10. The number of nitrogens with zero attached hydrogens (tertiary/aromatic N) is 4. The smallest absolute Gasteiger partial charge is 0.341 e. The Morgan fingerprint density at radius 3 is 2.27 bits per heavy atom. The number of ketones is 1. The van der Waals surface area contributed by atoms with E-state index in [4.69, 9.17) is 35.6 Å². The van der Waals surface area contributed by atoms with Crippen LogP contribution in [0.2, 0.25) is 5.02 Å². The number of nitrogens with one attached hydrogen (secondary N) is 2. The first kappa shape index (κ1) is 61.8. The topological polar surface area (TPSA) is 291 Å². The summed E-state index contributed by atoms with van der Waals surface area (Å²) in [7, 11) is 1.42. The molecule has 6 heterocycles. The normalized spacial score (nSPS) is 29.7. The third-order valence-electron chi connectivity index (χ3n) is 18.8. The minimum absolute atomic E-state index is 0.0150. The second kappa shape index (κ2) is 23.8. The van der Waals surface area contributed by atoms with Crippen molar-refractivity contribution >= 4 is 74.5 Å². The maximum absolute atomic E-state index is 16.1. The fraction of sp³-hybridized carbons (Fsp3) is 0.524. The summed E-state index contributed by atoms with van der Waals surface area (Å²) in [4.78, 5) is 68.6. The largest absolute Gasteiger partial charge is 0.507 e. The lowest BCUT2D eigenvalue weighted by molar-refractivity contribution is -0.160. The quantitative estimate of drug-likeness (QED) is 0.0320. The number of ether oxygens (including phenoxy) is 4. The summed E-state index contributed by atoms with van der Waals surface area (Å²) < 4.78 is 41.7. The van der Waals surface area contributed by atoms with E-state index in [0.717, 1.165) is 38.2 Å². The third-order valence-corrected chi connectivity index (χ3v) is 19.1. The first-order chi connectivity index (χ1) is 40.7. The number of phenolic OH excluding ortho intramolecular Hbond substituents is 3. The Morgan fingerprint density at radius 1 is 0.930 bits per heavy atom. The highest BCUT2D eigenvalue weighted by atomic mass is 35.5. The summed E-state index contributed by atoms with van der Waals surface area (Å²) in [5.74, 6) is -10.8. The number of halogens is 2. The number of hydrazone groups is 1. The van der Waals surface area contributed by atoms with Crippen LogP contribution in [0.1, 0.15) is 131 Å². The van der Waals surface area contributed by atoms with Gasteiger partial charge >= 0.3 is 17.7 Å². The van der Waals surface area contributed by atoms with Gasteiger partial charge in [0.1, 0.15) is 34.7 Å². The molecule has 1 unspecified atom stereocenters. The Morgan fingerprint density at radius 2 is 1.63 bits per heavy atom. The SMILES string of the molecule is CO[C@H]1/C=C/O[C@@]2(C)Oc3c(C)c(O)c4c(O)c(c(/C=N/N5CCC(NC6(C7CCN(c8c(F)cc9c(=O)c(C(=O)O)cn(C%10CC%10)c9c8Cl)C7)CC6)CC5)c(O)c4c3C2=O)NC(=O)/C(C)=C\C=C\[C@@H](C)[C@H](O)[C@@H](C)[C@@H](O)[C@@H](C)[C@H](OC(C)=O)[C@@H]1C. The average molecular weight is 1210 g/mol. The maximum atomic E-state index is 16.1. The van der Waals surface area contributed by atoms with Crippen molar-refractivity contribution in [2.75, 3.05) is 43.5 Å². The number of esters is 1. The van der Waals surface area contributed by atoms with E-state index in [0.29, 0.717) is 44.5 Å². The minimum atomic E-state index is -2.11. The first-order valence-corrected chi connectivity index (χ1v) is 29.8. The zero-order valence-electron chi connectivity index (χ0n) is 49.7. The van der Waals surface area contributed by atoms with Crippen molar-refractivity contribution in [1.82, 2.24) is 14.9 Å². The van der Waals surface area contributed by atoms with E-state index in [9.17, 15) is 54.6 Å². The van der Waals surface area contributed by atoms with Gasteiger partial charge in [-0.05, 0) is 76.9 Å². The van der Waals surface area contributed by atoms with Crippen LogP contribution in [0.25, 0.3) is 21.7 Å². The van der Waals surface area contributed by atoms with Crippen LogP contribution >= 0.6 is 11.6 Å². The lowest BCUT2D eigenvalue weighted by Crippen LogP contribution is -2.49. The van der Waals surface area contributed by atoms with Gasteiger partial charge in [0.25, 0.3) is 11.7 Å². The number of aromatic carboxylic acids is 1. The van der Waals surface area contributed by atoms with Crippen LogP contribution in [0.4, 0.5) is 15.8 Å². The number of carboxylic acid groups (broad SMARTS) is 1. The molecule has 8 N–H and O–H groups in total. The molecule has 5 bridgehead atoms. The first-order valence-electron chi connectivity index (χ1n) is 29.4. The number of benzene rings is 3. The number of methoxy groups -OCH3 is 1. The molecule has 23 heteroatoms. The average Bonchev–Trinajstić information content (AvgIpc) is 1.54. The lowest BCUT2D eigenvalue weighted by atomic mass is 9.78. The number of aliphatic hydroxyl groups is 2. The molecule has 462 valence electrons. The summed E-state index contributed by atoms with van der Waals surface area (Å²) in [6.45, 7) is 14.4. The van der Waals surface area contributed by atoms with Crippen molar-refractivity contribution < 1.29 is 73.2 Å². The molecular weight excluding hydrogens is 1140 g/mol. The molecule has 0 radical (unpaired) electrons. The highest BCUT2D eigenvalue weighted by molar-refractivity contribution is 6.38. The predicted molar refractivity (Wildman–Crippen MR) is 320 cm³/mol. The van der Waals surface area contributed by atoms with E-state index in [-0.39, 0.29) is 84.1 Å². The number of piperidine rings is 1. The van der Waals surface area contributed by atoms with Crippen molar-refractivity contribution in [3.05, 3.63) is 91.7 Å². The van der Waals surface area contributed by atoms with Crippen molar-refractivity contribution in [3.63, 3.8) is 0 Å². The number of aromatic nitrogens is 1.